The molecule has 0 aliphatic rings. The molecule has 5 heteroatoms. The summed E-state index contributed by atoms with van der Waals surface area (Å²) >= 11 is 0. The maximum absolute atomic E-state index is 10.9. The van der Waals surface area contributed by atoms with Crippen molar-refractivity contribution in [3.63, 3.8) is 0 Å². The Kier molecular flexibility index (Phi) is 7.64. The number of nitrogens with zero attached hydrogens (tertiary/aromatic N) is 1. The molecule has 1 heterocycles. The van der Waals surface area contributed by atoms with Gasteiger partial charge in [0.05, 0.1) is 12.1 Å². The van der Waals surface area contributed by atoms with Crippen molar-refractivity contribution in [1.29, 1.82) is 0 Å². The highest BCUT2D eigenvalue weighted by molar-refractivity contribution is 5.97. The van der Waals surface area contributed by atoms with Crippen LogP contribution in [0, 0.1) is 12.8 Å². The fourth-order valence-corrected chi connectivity index (χ4v) is 3.84. The molecule has 1 aromatic heterocycles. The quantitative estimate of drug-likeness (QED) is 0.457. The third-order valence-electron chi connectivity index (χ3n) is 5.38. The number of primary amides is 1. The van der Waals surface area contributed by atoms with Crippen LogP contribution in [0.4, 0.5) is 0 Å². The molecule has 0 fully saturated rings. The molecule has 4 N–H and O–H groups in total. The maximum atomic E-state index is 10.9. The summed E-state index contributed by atoms with van der Waals surface area (Å²) in [7, 11) is 0. The van der Waals surface area contributed by atoms with Crippen LogP contribution in [0.1, 0.15) is 49.9 Å². The van der Waals surface area contributed by atoms with Crippen molar-refractivity contribution in [3.05, 3.63) is 59.3 Å². The Balaban J connectivity index is 2.03. The molecule has 3 aromatic rings. The molecule has 0 aliphatic carbocycles. The standard InChI is InChI=1S/C26H33N3O2/c1-17(2)14-24-22(16-27)26(19-9-7-18(3)8-10-19)21-15-20(11-12-23(21)29-24)31-13-5-4-6-25(28)30/h7-12,15,17H,4-6,13-14,16,27H2,1-3H3,(H2,28,30). The lowest BCUT2D eigenvalue weighted by Crippen LogP contribution is -2.10. The first-order valence-electron chi connectivity index (χ1n) is 11.0. The Morgan fingerprint density at radius 1 is 1.10 bits per heavy atom. The highest BCUT2D eigenvalue weighted by Gasteiger charge is 2.17. The second kappa shape index (κ2) is 10.4. The minimum absolute atomic E-state index is 0.272. The molecule has 5 nitrogen and oxygen atoms in total. The predicted molar refractivity (Wildman–Crippen MR) is 127 cm³/mol. The van der Waals surface area contributed by atoms with Crippen LogP contribution in [-0.2, 0) is 17.8 Å². The van der Waals surface area contributed by atoms with Gasteiger partial charge in [0.25, 0.3) is 0 Å². The van der Waals surface area contributed by atoms with Crippen LogP contribution in [0.25, 0.3) is 22.0 Å². The molecule has 0 spiro atoms. The fraction of sp³-hybridized carbons (Fsp3) is 0.385. The molecule has 0 saturated carbocycles. The van der Waals surface area contributed by atoms with E-state index in [9.17, 15) is 4.79 Å². The maximum Gasteiger partial charge on any atom is 0.217 e. The van der Waals surface area contributed by atoms with E-state index < -0.39 is 0 Å². The summed E-state index contributed by atoms with van der Waals surface area (Å²) in [5.74, 6) is 1.01. The summed E-state index contributed by atoms with van der Waals surface area (Å²) in [6.45, 7) is 7.47. The molecule has 3 rings (SSSR count). The van der Waals surface area contributed by atoms with E-state index in [0.717, 1.165) is 58.3 Å². The van der Waals surface area contributed by atoms with Crippen LogP contribution < -0.4 is 16.2 Å². The average molecular weight is 420 g/mol. The van der Waals surface area contributed by atoms with Gasteiger partial charge in [-0.2, -0.15) is 0 Å². The van der Waals surface area contributed by atoms with Crippen LogP contribution in [-0.4, -0.2) is 17.5 Å². The largest absolute Gasteiger partial charge is 0.494 e. The number of fused-ring (bicyclic) bond motifs is 1. The Hall–Kier alpha value is -2.92. The van der Waals surface area contributed by atoms with Crippen LogP contribution in [0.5, 0.6) is 5.75 Å². The second-order valence-electron chi connectivity index (χ2n) is 8.53. The van der Waals surface area contributed by atoms with Crippen molar-refractivity contribution in [3.8, 4) is 16.9 Å². The number of rotatable bonds is 10. The number of aryl methyl sites for hydroxylation is 1. The normalized spacial score (nSPS) is 11.3. The summed E-state index contributed by atoms with van der Waals surface area (Å²) in [5.41, 5.74) is 18.1. The van der Waals surface area contributed by atoms with Crippen molar-refractivity contribution in [1.82, 2.24) is 4.98 Å². The number of hydrogen-bond donors (Lipinski definition) is 2. The van der Waals surface area contributed by atoms with E-state index in [1.165, 1.54) is 5.56 Å². The van der Waals surface area contributed by atoms with Crippen molar-refractivity contribution in [2.75, 3.05) is 6.61 Å². The van der Waals surface area contributed by atoms with Crippen molar-refractivity contribution in [2.45, 2.75) is 53.0 Å². The topological polar surface area (TPSA) is 91.2 Å². The number of carbonyl (C=O) groups excluding carboxylic acids is 1. The Morgan fingerprint density at radius 2 is 1.84 bits per heavy atom. The SMILES string of the molecule is Cc1ccc(-c2c(CN)c(CC(C)C)nc3ccc(OCCCCC(N)=O)cc23)cc1. The molecular weight excluding hydrogens is 386 g/mol. The molecule has 0 aliphatic heterocycles. The summed E-state index contributed by atoms with van der Waals surface area (Å²) in [6, 6.07) is 14.6. The monoisotopic (exact) mass is 419 g/mol. The number of unbranched alkanes of at least 4 members (excludes halogenated alkanes) is 1. The molecule has 31 heavy (non-hydrogen) atoms. The van der Waals surface area contributed by atoms with E-state index in [1.54, 1.807) is 0 Å². The summed E-state index contributed by atoms with van der Waals surface area (Å²) in [6.07, 6.45) is 2.79. The van der Waals surface area contributed by atoms with Crippen molar-refractivity contribution >= 4 is 16.8 Å². The lowest BCUT2D eigenvalue weighted by Gasteiger charge is -2.18. The fourth-order valence-electron chi connectivity index (χ4n) is 3.84. The van der Waals surface area contributed by atoms with E-state index in [1.807, 2.05) is 12.1 Å². The first-order valence-corrected chi connectivity index (χ1v) is 11.0. The molecule has 0 atom stereocenters. The third-order valence-corrected chi connectivity index (χ3v) is 5.38. The zero-order valence-electron chi connectivity index (χ0n) is 18.8. The van der Waals surface area contributed by atoms with Gasteiger partial charge in [-0.3, -0.25) is 9.78 Å². The highest BCUT2D eigenvalue weighted by atomic mass is 16.5. The van der Waals surface area contributed by atoms with Crippen LogP contribution >= 0.6 is 0 Å². The second-order valence-corrected chi connectivity index (χ2v) is 8.53. The highest BCUT2D eigenvalue weighted by Crippen LogP contribution is 2.36. The van der Waals surface area contributed by atoms with Gasteiger partial charge in [0.15, 0.2) is 0 Å². The van der Waals surface area contributed by atoms with Gasteiger partial charge in [0.2, 0.25) is 5.91 Å². The van der Waals surface area contributed by atoms with Gasteiger partial charge in [-0.15, -0.1) is 0 Å². The summed E-state index contributed by atoms with van der Waals surface area (Å²) < 4.78 is 5.96. The Morgan fingerprint density at radius 3 is 2.48 bits per heavy atom. The molecule has 1 amide bonds. The lowest BCUT2D eigenvalue weighted by molar-refractivity contribution is -0.118. The number of carbonyl (C=O) groups is 1. The van der Waals surface area contributed by atoms with Crippen LogP contribution in [0.3, 0.4) is 0 Å². The summed E-state index contributed by atoms with van der Waals surface area (Å²) in [4.78, 5) is 15.9. The Labute approximate surface area is 184 Å². The molecule has 164 valence electrons. The number of amides is 1. The van der Waals surface area contributed by atoms with Gasteiger partial charge in [-0.1, -0.05) is 43.7 Å². The minimum atomic E-state index is -0.272. The third kappa shape index (κ3) is 5.82. The molecular formula is C26H33N3O2. The van der Waals surface area contributed by atoms with E-state index in [4.69, 9.17) is 21.2 Å². The van der Waals surface area contributed by atoms with Crippen LogP contribution in [0.2, 0.25) is 0 Å². The number of pyridine rings is 1. The van der Waals surface area contributed by atoms with Gasteiger partial charge >= 0.3 is 0 Å². The van der Waals surface area contributed by atoms with Crippen LogP contribution in [0.15, 0.2) is 42.5 Å². The average Bonchev–Trinajstić information content (AvgIpc) is 2.72. The molecule has 0 radical (unpaired) electrons. The van der Waals surface area contributed by atoms with Gasteiger partial charge in [0, 0.05) is 24.0 Å². The summed E-state index contributed by atoms with van der Waals surface area (Å²) in [5, 5.41) is 1.05. The molecule has 0 unspecified atom stereocenters. The number of nitrogens with two attached hydrogens (primary N) is 2. The zero-order valence-corrected chi connectivity index (χ0v) is 18.8. The number of hydrogen-bond acceptors (Lipinski definition) is 4. The van der Waals surface area contributed by atoms with E-state index in [2.05, 4.69) is 51.1 Å². The first kappa shape index (κ1) is 22.8. The molecule has 2 aromatic carbocycles. The number of benzene rings is 2. The minimum Gasteiger partial charge on any atom is -0.494 e. The van der Waals surface area contributed by atoms with E-state index >= 15 is 0 Å². The van der Waals surface area contributed by atoms with Crippen molar-refractivity contribution < 1.29 is 9.53 Å². The first-order chi connectivity index (χ1) is 14.9. The number of aromatic nitrogens is 1. The lowest BCUT2D eigenvalue weighted by atomic mass is 9.91. The zero-order chi connectivity index (χ0) is 22.4. The van der Waals surface area contributed by atoms with Gasteiger partial charge < -0.3 is 16.2 Å². The predicted octanol–water partition coefficient (Wildman–Crippen LogP) is 4.90. The van der Waals surface area contributed by atoms with E-state index in [0.29, 0.717) is 25.5 Å². The molecule has 0 saturated heterocycles. The van der Waals surface area contributed by atoms with Gasteiger partial charge in [0.1, 0.15) is 5.75 Å². The number of ether oxygens (including phenoxy) is 1. The molecule has 0 bridgehead atoms. The van der Waals surface area contributed by atoms with Gasteiger partial charge in [-0.25, -0.2) is 0 Å². The Bertz CT molecular complexity index is 1040. The van der Waals surface area contributed by atoms with Gasteiger partial charge in [-0.05, 0) is 67.0 Å². The smallest absolute Gasteiger partial charge is 0.217 e. The van der Waals surface area contributed by atoms with Crippen molar-refractivity contribution in [2.24, 2.45) is 17.4 Å². The van der Waals surface area contributed by atoms with E-state index in [-0.39, 0.29) is 5.91 Å².